The van der Waals surface area contributed by atoms with Crippen molar-refractivity contribution in [3.05, 3.63) is 0 Å². The van der Waals surface area contributed by atoms with E-state index in [1.165, 1.54) is 0 Å². The summed E-state index contributed by atoms with van der Waals surface area (Å²) in [6, 6.07) is 0. The molecule has 0 aliphatic carbocycles. The fraction of sp³-hybridized carbons (Fsp3) is 1.00. The van der Waals surface area contributed by atoms with Crippen LogP contribution in [0, 0.1) is 0 Å². The minimum absolute atomic E-state index is 0.0383. The van der Waals surface area contributed by atoms with Gasteiger partial charge in [0, 0.05) is 6.61 Å². The molecular weight excluding hydrogens is 278 g/mol. The Kier molecular flexibility index (Phi) is 7.66. The lowest BCUT2D eigenvalue weighted by atomic mass is 10.2. The Hall–Kier alpha value is 0.180. The van der Waals surface area contributed by atoms with E-state index in [0.717, 1.165) is 0 Å². The van der Waals surface area contributed by atoms with Gasteiger partial charge in [-0.15, -0.1) is 0 Å². The van der Waals surface area contributed by atoms with Crippen LogP contribution >= 0.6 is 15.6 Å². The fourth-order valence-electron chi connectivity index (χ4n) is 1.03. The van der Waals surface area contributed by atoms with Gasteiger partial charge in [-0.25, -0.2) is 9.13 Å². The molecule has 0 rings (SSSR count). The summed E-state index contributed by atoms with van der Waals surface area (Å²) in [5.41, 5.74) is 0. The summed E-state index contributed by atoms with van der Waals surface area (Å²) < 4.78 is 29.2. The molecular formula is C6H16O9P2. The van der Waals surface area contributed by atoms with Crippen molar-refractivity contribution in [2.24, 2.45) is 0 Å². The van der Waals surface area contributed by atoms with Crippen molar-refractivity contribution in [3.63, 3.8) is 0 Å². The molecule has 0 saturated carbocycles. The maximum atomic E-state index is 10.5. The first-order chi connectivity index (χ1) is 7.64. The molecule has 0 aliphatic heterocycles. The third-order valence-corrected chi connectivity index (χ3v) is 2.63. The van der Waals surface area contributed by atoms with Gasteiger partial charge in [0.15, 0.2) is 6.29 Å². The highest BCUT2D eigenvalue weighted by atomic mass is 31.2. The second kappa shape index (κ2) is 7.58. The van der Waals surface area contributed by atoms with Gasteiger partial charge >= 0.3 is 15.6 Å². The van der Waals surface area contributed by atoms with Gasteiger partial charge in [0.1, 0.15) is 0 Å². The molecule has 11 heteroatoms. The molecule has 104 valence electrons. The van der Waals surface area contributed by atoms with Crippen molar-refractivity contribution in [2.45, 2.75) is 32.0 Å². The quantitative estimate of drug-likeness (QED) is 0.226. The van der Waals surface area contributed by atoms with Crippen LogP contribution in [0.15, 0.2) is 0 Å². The van der Waals surface area contributed by atoms with E-state index < -0.39 is 21.9 Å². The highest BCUT2D eigenvalue weighted by Gasteiger charge is 2.28. The molecule has 0 aromatic heterocycles. The van der Waals surface area contributed by atoms with Gasteiger partial charge in [-0.3, -0.25) is 9.05 Å². The lowest BCUT2D eigenvalue weighted by Gasteiger charge is -2.18. The minimum Gasteiger partial charge on any atom is -0.396 e. The summed E-state index contributed by atoms with van der Waals surface area (Å²) in [5, 5.41) is 8.49. The van der Waals surface area contributed by atoms with Crippen LogP contribution in [0.2, 0.25) is 0 Å². The predicted octanol–water partition coefficient (Wildman–Crippen LogP) is 0.0838. The molecule has 0 atom stereocenters. The van der Waals surface area contributed by atoms with Gasteiger partial charge < -0.3 is 24.7 Å². The van der Waals surface area contributed by atoms with E-state index in [9.17, 15) is 9.13 Å². The smallest absolute Gasteiger partial charge is 0.396 e. The number of aliphatic hydroxyl groups excluding tert-OH is 1. The van der Waals surface area contributed by atoms with Gasteiger partial charge in [0.25, 0.3) is 0 Å². The zero-order valence-corrected chi connectivity index (χ0v) is 10.7. The van der Waals surface area contributed by atoms with Crippen LogP contribution in [0.1, 0.15) is 25.7 Å². The first-order valence-corrected chi connectivity index (χ1v) is 7.79. The number of hydrogen-bond acceptors (Lipinski definition) is 5. The maximum absolute atomic E-state index is 10.5. The predicted molar refractivity (Wildman–Crippen MR) is 55.6 cm³/mol. The van der Waals surface area contributed by atoms with Crippen LogP contribution in [0.4, 0.5) is 0 Å². The molecule has 0 radical (unpaired) electrons. The molecule has 0 aromatic carbocycles. The van der Waals surface area contributed by atoms with Crippen molar-refractivity contribution < 1.29 is 42.9 Å². The van der Waals surface area contributed by atoms with Crippen LogP contribution in [0.5, 0.6) is 0 Å². The Balaban J connectivity index is 4.21. The summed E-state index contributed by atoms with van der Waals surface area (Å²) in [6.45, 7) is -0.0383. The molecule has 0 bridgehead atoms. The molecule has 9 nitrogen and oxygen atoms in total. The van der Waals surface area contributed by atoms with E-state index in [1.807, 2.05) is 0 Å². The SMILES string of the molecule is O=P(O)(O)OC(CCCCCO)OP(=O)(O)O. The Morgan fingerprint density at radius 2 is 1.35 bits per heavy atom. The monoisotopic (exact) mass is 294 g/mol. The summed E-state index contributed by atoms with van der Waals surface area (Å²) in [4.78, 5) is 34.0. The summed E-state index contributed by atoms with van der Waals surface area (Å²) in [7, 11) is -9.76. The third-order valence-electron chi connectivity index (χ3n) is 1.61. The van der Waals surface area contributed by atoms with E-state index >= 15 is 0 Å². The van der Waals surface area contributed by atoms with E-state index in [-0.39, 0.29) is 13.0 Å². The Labute approximate surface area is 97.9 Å². The zero-order valence-electron chi connectivity index (χ0n) is 8.88. The van der Waals surface area contributed by atoms with E-state index in [2.05, 4.69) is 9.05 Å². The van der Waals surface area contributed by atoms with Gasteiger partial charge in [-0.1, -0.05) is 6.42 Å². The Bertz CT molecular complexity index is 270. The molecule has 0 aliphatic rings. The molecule has 0 heterocycles. The van der Waals surface area contributed by atoms with Gasteiger partial charge in [0.05, 0.1) is 0 Å². The second-order valence-corrected chi connectivity index (χ2v) is 5.58. The Morgan fingerprint density at radius 1 is 0.882 bits per heavy atom. The van der Waals surface area contributed by atoms with Gasteiger partial charge in [-0.05, 0) is 19.3 Å². The Morgan fingerprint density at radius 3 is 1.71 bits per heavy atom. The highest BCUT2D eigenvalue weighted by Crippen LogP contribution is 2.45. The number of aliphatic hydroxyl groups is 1. The number of phosphoric ester groups is 2. The summed E-state index contributed by atoms with van der Waals surface area (Å²) >= 11 is 0. The fourth-order valence-corrected chi connectivity index (χ4v) is 2.01. The van der Waals surface area contributed by atoms with Crippen LogP contribution in [-0.2, 0) is 18.2 Å². The average Bonchev–Trinajstić information content (AvgIpc) is 2.06. The average molecular weight is 294 g/mol. The zero-order chi connectivity index (χ0) is 13.5. The van der Waals surface area contributed by atoms with Crippen molar-refractivity contribution in [2.75, 3.05) is 6.61 Å². The van der Waals surface area contributed by atoms with Crippen LogP contribution < -0.4 is 0 Å². The third kappa shape index (κ3) is 12.4. The second-order valence-electron chi connectivity index (χ2n) is 3.19. The minimum atomic E-state index is -4.88. The van der Waals surface area contributed by atoms with Crippen LogP contribution in [-0.4, -0.2) is 37.6 Å². The number of hydrogen-bond donors (Lipinski definition) is 5. The van der Waals surface area contributed by atoms with Crippen LogP contribution in [0.3, 0.4) is 0 Å². The van der Waals surface area contributed by atoms with Gasteiger partial charge in [0.2, 0.25) is 0 Å². The van der Waals surface area contributed by atoms with E-state index in [0.29, 0.717) is 19.3 Å². The number of unbranched alkanes of at least 4 members (excludes halogenated alkanes) is 2. The highest BCUT2D eigenvalue weighted by molar-refractivity contribution is 7.47. The first kappa shape index (κ1) is 17.2. The molecule has 0 fully saturated rings. The molecule has 0 amide bonds. The molecule has 5 N–H and O–H groups in total. The largest absolute Gasteiger partial charge is 0.471 e. The number of rotatable bonds is 9. The first-order valence-electron chi connectivity index (χ1n) is 4.73. The molecule has 0 unspecified atom stereocenters. The molecule has 0 spiro atoms. The maximum Gasteiger partial charge on any atom is 0.471 e. The normalized spacial score (nSPS) is 13.3. The van der Waals surface area contributed by atoms with Gasteiger partial charge in [-0.2, -0.15) is 0 Å². The van der Waals surface area contributed by atoms with E-state index in [1.54, 1.807) is 0 Å². The van der Waals surface area contributed by atoms with Crippen LogP contribution in [0.25, 0.3) is 0 Å². The van der Waals surface area contributed by atoms with Crippen molar-refractivity contribution in [3.8, 4) is 0 Å². The van der Waals surface area contributed by atoms with Crippen molar-refractivity contribution in [1.29, 1.82) is 0 Å². The summed E-state index contributed by atoms with van der Waals surface area (Å²) in [5.74, 6) is 0. The lowest BCUT2D eigenvalue weighted by molar-refractivity contribution is -0.0393. The number of phosphoric acid groups is 2. The van der Waals surface area contributed by atoms with Crippen molar-refractivity contribution >= 4 is 15.6 Å². The molecule has 0 aromatic rings. The van der Waals surface area contributed by atoms with E-state index in [4.69, 9.17) is 24.7 Å². The summed E-state index contributed by atoms with van der Waals surface area (Å²) in [6.07, 6.45) is -0.461. The topological polar surface area (TPSA) is 154 Å². The standard InChI is InChI=1S/C6H16O9P2/c7-5-3-1-2-4-6(14-16(8,9)10)15-17(11,12)13/h6-7H,1-5H2,(H2,8,9,10)(H2,11,12,13). The van der Waals surface area contributed by atoms with Crippen molar-refractivity contribution in [1.82, 2.24) is 0 Å². The molecule has 17 heavy (non-hydrogen) atoms. The lowest BCUT2D eigenvalue weighted by Crippen LogP contribution is -2.14. The molecule has 0 saturated heterocycles.